The molecule has 0 aromatic heterocycles. The highest BCUT2D eigenvalue weighted by atomic mass is 16.5. The smallest absolute Gasteiger partial charge is 0.126 e. The van der Waals surface area contributed by atoms with Gasteiger partial charge in [-0.15, -0.1) is 0 Å². The zero-order chi connectivity index (χ0) is 15.7. The summed E-state index contributed by atoms with van der Waals surface area (Å²) in [4.78, 5) is 0. The molecule has 1 unspecified atom stereocenters. The number of benzene rings is 1. The van der Waals surface area contributed by atoms with Crippen molar-refractivity contribution in [3.05, 3.63) is 35.4 Å². The van der Waals surface area contributed by atoms with Crippen LogP contribution in [-0.2, 0) is 6.42 Å². The highest BCUT2D eigenvalue weighted by Crippen LogP contribution is 2.26. The molecule has 0 radical (unpaired) electrons. The van der Waals surface area contributed by atoms with E-state index in [1.165, 1.54) is 5.57 Å². The number of hydrogen-bond donors (Lipinski definition) is 1. The fourth-order valence-electron chi connectivity index (χ4n) is 1.87. The first-order chi connectivity index (χ1) is 10.1. The molecule has 0 saturated heterocycles. The first kappa shape index (κ1) is 17.6. The van der Waals surface area contributed by atoms with E-state index < -0.39 is 0 Å². The molecule has 0 aliphatic heterocycles. The highest BCUT2D eigenvalue weighted by Gasteiger charge is 2.09. The summed E-state index contributed by atoms with van der Waals surface area (Å²) >= 11 is 0. The van der Waals surface area contributed by atoms with Crippen LogP contribution in [0.2, 0.25) is 0 Å². The van der Waals surface area contributed by atoms with Crippen LogP contribution in [0.3, 0.4) is 0 Å². The van der Waals surface area contributed by atoms with Crippen molar-refractivity contribution in [3.8, 4) is 11.5 Å². The normalized spacial score (nSPS) is 11.9. The second-order valence-electron chi connectivity index (χ2n) is 5.58. The van der Waals surface area contributed by atoms with Crippen LogP contribution in [0.15, 0.2) is 29.8 Å². The minimum atomic E-state index is 0.165. The van der Waals surface area contributed by atoms with E-state index in [-0.39, 0.29) is 6.04 Å². The fraction of sp³-hybridized carbons (Fsp3) is 0.556. The van der Waals surface area contributed by atoms with E-state index in [0.29, 0.717) is 6.61 Å². The maximum Gasteiger partial charge on any atom is 0.126 e. The topological polar surface area (TPSA) is 44.5 Å². The summed E-state index contributed by atoms with van der Waals surface area (Å²) < 4.78 is 11.6. The lowest BCUT2D eigenvalue weighted by atomic mass is 10.0. The lowest BCUT2D eigenvalue weighted by Gasteiger charge is -2.15. The van der Waals surface area contributed by atoms with Crippen LogP contribution in [0.5, 0.6) is 11.5 Å². The number of rotatable bonds is 9. The van der Waals surface area contributed by atoms with Gasteiger partial charge in [-0.25, -0.2) is 0 Å². The van der Waals surface area contributed by atoms with Gasteiger partial charge in [-0.2, -0.15) is 0 Å². The van der Waals surface area contributed by atoms with E-state index in [1.807, 2.05) is 12.1 Å². The molecule has 0 saturated carbocycles. The second-order valence-corrected chi connectivity index (χ2v) is 5.58. The molecule has 0 amide bonds. The maximum absolute atomic E-state index is 6.07. The Morgan fingerprint density at radius 2 is 2.00 bits per heavy atom. The second kappa shape index (κ2) is 9.46. The van der Waals surface area contributed by atoms with Gasteiger partial charge in [-0.1, -0.05) is 25.5 Å². The minimum Gasteiger partial charge on any atom is -0.493 e. The molecule has 0 bridgehead atoms. The van der Waals surface area contributed by atoms with Crippen LogP contribution in [0.4, 0.5) is 0 Å². The molecule has 118 valence electrons. The molecular formula is C18H29NO2. The minimum absolute atomic E-state index is 0.165. The van der Waals surface area contributed by atoms with Crippen molar-refractivity contribution in [2.75, 3.05) is 13.2 Å². The van der Waals surface area contributed by atoms with E-state index in [9.17, 15) is 0 Å². The van der Waals surface area contributed by atoms with Gasteiger partial charge in [0, 0.05) is 12.1 Å². The number of allylic oxidation sites excluding steroid dienone is 1. The SMILES string of the molecule is CCCOc1ccc(CC(N)CC)c(OCC=C(C)C)c1. The summed E-state index contributed by atoms with van der Waals surface area (Å²) in [6.45, 7) is 9.64. The van der Waals surface area contributed by atoms with Crippen LogP contribution >= 0.6 is 0 Å². The van der Waals surface area contributed by atoms with Crippen molar-refractivity contribution in [2.24, 2.45) is 5.73 Å². The third-order valence-corrected chi connectivity index (χ3v) is 3.25. The molecule has 3 heteroatoms. The zero-order valence-electron chi connectivity index (χ0n) is 13.8. The van der Waals surface area contributed by atoms with Gasteiger partial charge in [-0.05, 0) is 50.8 Å². The van der Waals surface area contributed by atoms with Crippen molar-refractivity contribution in [1.82, 2.24) is 0 Å². The maximum atomic E-state index is 6.07. The third-order valence-electron chi connectivity index (χ3n) is 3.25. The van der Waals surface area contributed by atoms with Gasteiger partial charge < -0.3 is 15.2 Å². The Hall–Kier alpha value is -1.48. The molecule has 2 N–H and O–H groups in total. The summed E-state index contributed by atoms with van der Waals surface area (Å²) in [6, 6.07) is 6.21. The lowest BCUT2D eigenvalue weighted by Crippen LogP contribution is -2.21. The van der Waals surface area contributed by atoms with Crippen molar-refractivity contribution in [3.63, 3.8) is 0 Å². The van der Waals surface area contributed by atoms with Gasteiger partial charge >= 0.3 is 0 Å². The summed E-state index contributed by atoms with van der Waals surface area (Å²) in [5.74, 6) is 1.74. The van der Waals surface area contributed by atoms with Crippen LogP contribution < -0.4 is 15.2 Å². The first-order valence-corrected chi connectivity index (χ1v) is 7.84. The molecule has 1 aromatic rings. The number of nitrogens with two attached hydrogens (primary N) is 1. The molecule has 0 fully saturated rings. The zero-order valence-corrected chi connectivity index (χ0v) is 13.8. The molecule has 1 aromatic carbocycles. The van der Waals surface area contributed by atoms with Gasteiger partial charge in [-0.3, -0.25) is 0 Å². The van der Waals surface area contributed by atoms with E-state index >= 15 is 0 Å². The molecule has 3 nitrogen and oxygen atoms in total. The highest BCUT2D eigenvalue weighted by molar-refractivity contribution is 5.41. The quantitative estimate of drug-likeness (QED) is 0.697. The van der Waals surface area contributed by atoms with Crippen molar-refractivity contribution < 1.29 is 9.47 Å². The van der Waals surface area contributed by atoms with E-state index in [4.69, 9.17) is 15.2 Å². The molecule has 1 atom stereocenters. The lowest BCUT2D eigenvalue weighted by molar-refractivity contribution is 0.311. The van der Waals surface area contributed by atoms with E-state index in [1.54, 1.807) is 0 Å². The molecule has 0 aliphatic carbocycles. The van der Waals surface area contributed by atoms with Gasteiger partial charge in [0.1, 0.15) is 18.1 Å². The van der Waals surface area contributed by atoms with Gasteiger partial charge in [0.2, 0.25) is 0 Å². The largest absolute Gasteiger partial charge is 0.493 e. The van der Waals surface area contributed by atoms with Crippen molar-refractivity contribution >= 4 is 0 Å². The Balaban J connectivity index is 2.86. The van der Waals surface area contributed by atoms with Gasteiger partial charge in [0.15, 0.2) is 0 Å². The standard InChI is InChI=1S/C18H29NO2/c1-5-10-20-17-8-7-15(12-16(19)6-2)18(13-17)21-11-9-14(3)4/h7-9,13,16H,5-6,10-12,19H2,1-4H3. The summed E-state index contributed by atoms with van der Waals surface area (Å²) in [7, 11) is 0. The summed E-state index contributed by atoms with van der Waals surface area (Å²) in [5.41, 5.74) is 8.47. The molecule has 1 rings (SSSR count). The van der Waals surface area contributed by atoms with Crippen molar-refractivity contribution in [2.45, 2.75) is 53.0 Å². The van der Waals surface area contributed by atoms with Gasteiger partial charge in [0.25, 0.3) is 0 Å². The summed E-state index contributed by atoms with van der Waals surface area (Å²) in [5, 5.41) is 0. The van der Waals surface area contributed by atoms with Crippen LogP contribution in [-0.4, -0.2) is 19.3 Å². The molecule has 0 heterocycles. The van der Waals surface area contributed by atoms with Crippen LogP contribution in [0.1, 0.15) is 46.1 Å². The summed E-state index contributed by atoms with van der Waals surface area (Å²) in [6.07, 6.45) is 4.86. The Morgan fingerprint density at radius 1 is 1.24 bits per heavy atom. The van der Waals surface area contributed by atoms with E-state index in [2.05, 4.69) is 39.8 Å². The fourth-order valence-corrected chi connectivity index (χ4v) is 1.87. The molecular weight excluding hydrogens is 262 g/mol. The van der Waals surface area contributed by atoms with E-state index in [0.717, 1.165) is 42.9 Å². The average Bonchev–Trinajstić information content (AvgIpc) is 2.46. The number of ether oxygens (including phenoxy) is 2. The van der Waals surface area contributed by atoms with Crippen LogP contribution in [0, 0.1) is 0 Å². The first-order valence-electron chi connectivity index (χ1n) is 7.84. The third kappa shape index (κ3) is 6.67. The predicted octanol–water partition coefficient (Wildman–Crippen LogP) is 4.10. The Labute approximate surface area is 129 Å². The average molecular weight is 291 g/mol. The number of hydrogen-bond acceptors (Lipinski definition) is 3. The molecule has 0 aliphatic rings. The Kier molecular flexibility index (Phi) is 7.91. The predicted molar refractivity (Wildman–Crippen MR) is 89.1 cm³/mol. The molecule has 0 spiro atoms. The Bertz CT molecular complexity index is 451. The van der Waals surface area contributed by atoms with Crippen LogP contribution in [0.25, 0.3) is 0 Å². The van der Waals surface area contributed by atoms with Crippen molar-refractivity contribution in [1.29, 1.82) is 0 Å². The van der Waals surface area contributed by atoms with Gasteiger partial charge in [0.05, 0.1) is 6.61 Å². The Morgan fingerprint density at radius 3 is 2.62 bits per heavy atom. The monoisotopic (exact) mass is 291 g/mol. The molecule has 21 heavy (non-hydrogen) atoms.